The van der Waals surface area contributed by atoms with E-state index in [-0.39, 0.29) is 19.1 Å². The minimum Gasteiger partial charge on any atom is -0.493 e. The van der Waals surface area contributed by atoms with Gasteiger partial charge in [0.15, 0.2) is 18.1 Å². The quantitative estimate of drug-likeness (QED) is 0.715. The Labute approximate surface area is 142 Å². The van der Waals surface area contributed by atoms with Gasteiger partial charge in [0, 0.05) is 5.69 Å². The molecular formula is C16H16INO4. The molecule has 0 aromatic heterocycles. The predicted octanol–water partition coefficient (Wildman–Crippen LogP) is 2.81. The first-order valence-electron chi connectivity index (χ1n) is 6.59. The molecular weight excluding hydrogens is 397 g/mol. The van der Waals surface area contributed by atoms with Crippen molar-refractivity contribution in [2.75, 3.05) is 19.0 Å². The highest BCUT2D eigenvalue weighted by Gasteiger charge is 2.13. The number of para-hydroxylation sites is 1. The standard InChI is InChI=1S/C16H16INO4/c1-21-14-8-11(9-19)7-13(17)16(14)22-10-15(20)18-12-5-3-2-4-6-12/h2-8,19H,9-10H2,1H3,(H,18,20). The molecule has 0 saturated carbocycles. The summed E-state index contributed by atoms with van der Waals surface area (Å²) < 4.78 is 11.6. The van der Waals surface area contributed by atoms with Crippen molar-refractivity contribution in [2.24, 2.45) is 0 Å². The summed E-state index contributed by atoms with van der Waals surface area (Å²) in [5.41, 5.74) is 1.44. The lowest BCUT2D eigenvalue weighted by molar-refractivity contribution is -0.118. The van der Waals surface area contributed by atoms with E-state index >= 15 is 0 Å². The van der Waals surface area contributed by atoms with Crippen LogP contribution in [0.3, 0.4) is 0 Å². The van der Waals surface area contributed by atoms with Crippen LogP contribution in [-0.2, 0) is 11.4 Å². The number of benzene rings is 2. The first-order valence-corrected chi connectivity index (χ1v) is 7.67. The highest BCUT2D eigenvalue weighted by atomic mass is 127. The SMILES string of the molecule is COc1cc(CO)cc(I)c1OCC(=O)Nc1ccccc1. The van der Waals surface area contributed by atoms with Crippen LogP contribution in [0, 0.1) is 3.57 Å². The van der Waals surface area contributed by atoms with Crippen LogP contribution in [0.2, 0.25) is 0 Å². The van der Waals surface area contributed by atoms with Crippen LogP contribution in [0.25, 0.3) is 0 Å². The molecule has 0 unspecified atom stereocenters. The van der Waals surface area contributed by atoms with Gasteiger partial charge < -0.3 is 19.9 Å². The average Bonchev–Trinajstić information content (AvgIpc) is 2.53. The summed E-state index contributed by atoms with van der Waals surface area (Å²) in [6, 6.07) is 12.6. The number of halogens is 1. The normalized spacial score (nSPS) is 10.1. The maximum absolute atomic E-state index is 11.9. The van der Waals surface area contributed by atoms with Crippen molar-refractivity contribution in [3.63, 3.8) is 0 Å². The van der Waals surface area contributed by atoms with Crippen LogP contribution < -0.4 is 14.8 Å². The van der Waals surface area contributed by atoms with Crippen LogP contribution in [0.5, 0.6) is 11.5 Å². The molecule has 0 bridgehead atoms. The second kappa shape index (κ2) is 8.00. The smallest absolute Gasteiger partial charge is 0.262 e. The lowest BCUT2D eigenvalue weighted by Crippen LogP contribution is -2.20. The van der Waals surface area contributed by atoms with E-state index in [1.54, 1.807) is 24.3 Å². The van der Waals surface area contributed by atoms with Gasteiger partial charge in [-0.2, -0.15) is 0 Å². The summed E-state index contributed by atoms with van der Waals surface area (Å²) in [6.45, 7) is -0.207. The summed E-state index contributed by atoms with van der Waals surface area (Å²) in [5, 5.41) is 11.9. The second-order valence-electron chi connectivity index (χ2n) is 4.47. The largest absolute Gasteiger partial charge is 0.493 e. The first-order chi connectivity index (χ1) is 10.6. The Balaban J connectivity index is 2.03. The Kier molecular flexibility index (Phi) is 6.02. The maximum atomic E-state index is 11.9. The summed E-state index contributed by atoms with van der Waals surface area (Å²) in [4.78, 5) is 11.9. The van der Waals surface area contributed by atoms with Crippen molar-refractivity contribution in [1.29, 1.82) is 0 Å². The number of rotatable bonds is 6. The van der Waals surface area contributed by atoms with Crippen molar-refractivity contribution in [3.05, 3.63) is 51.6 Å². The fraction of sp³-hybridized carbons (Fsp3) is 0.188. The monoisotopic (exact) mass is 413 g/mol. The minimum absolute atomic E-state index is 0.0822. The molecule has 0 aliphatic rings. The van der Waals surface area contributed by atoms with E-state index in [2.05, 4.69) is 27.9 Å². The van der Waals surface area contributed by atoms with Gasteiger partial charge in [-0.05, 0) is 52.4 Å². The molecule has 0 radical (unpaired) electrons. The Hall–Kier alpha value is -1.80. The second-order valence-corrected chi connectivity index (χ2v) is 5.63. The molecule has 2 N–H and O–H groups in total. The van der Waals surface area contributed by atoms with Gasteiger partial charge in [-0.3, -0.25) is 4.79 Å². The predicted molar refractivity (Wildman–Crippen MR) is 92.2 cm³/mol. The highest BCUT2D eigenvalue weighted by molar-refractivity contribution is 14.1. The number of aliphatic hydroxyl groups is 1. The Morgan fingerprint density at radius 1 is 1.27 bits per heavy atom. The van der Waals surface area contributed by atoms with Crippen LogP contribution in [0.4, 0.5) is 5.69 Å². The fourth-order valence-electron chi connectivity index (χ4n) is 1.86. The lowest BCUT2D eigenvalue weighted by Gasteiger charge is -2.14. The van der Waals surface area contributed by atoms with E-state index in [4.69, 9.17) is 9.47 Å². The van der Waals surface area contributed by atoms with Gasteiger partial charge in [-0.15, -0.1) is 0 Å². The van der Waals surface area contributed by atoms with Gasteiger partial charge >= 0.3 is 0 Å². The molecule has 1 amide bonds. The van der Waals surface area contributed by atoms with Crippen molar-refractivity contribution in [2.45, 2.75) is 6.61 Å². The van der Waals surface area contributed by atoms with Crippen molar-refractivity contribution < 1.29 is 19.4 Å². The first kappa shape index (κ1) is 16.6. The molecule has 0 aliphatic heterocycles. The molecule has 22 heavy (non-hydrogen) atoms. The van der Waals surface area contributed by atoms with Gasteiger partial charge in [-0.1, -0.05) is 18.2 Å². The molecule has 2 aromatic carbocycles. The molecule has 0 heterocycles. The molecule has 5 nitrogen and oxygen atoms in total. The summed E-state index contributed by atoms with van der Waals surface area (Å²) >= 11 is 2.08. The van der Waals surface area contributed by atoms with Crippen LogP contribution in [0.15, 0.2) is 42.5 Å². The van der Waals surface area contributed by atoms with E-state index in [0.717, 1.165) is 9.13 Å². The zero-order chi connectivity index (χ0) is 15.9. The zero-order valence-corrected chi connectivity index (χ0v) is 14.2. The van der Waals surface area contributed by atoms with Gasteiger partial charge in [-0.25, -0.2) is 0 Å². The fourth-order valence-corrected chi connectivity index (χ4v) is 2.68. The number of amides is 1. The number of carbonyl (C=O) groups excluding carboxylic acids is 1. The van der Waals surface area contributed by atoms with Crippen molar-refractivity contribution in [1.82, 2.24) is 0 Å². The molecule has 116 valence electrons. The Bertz CT molecular complexity index is 646. The van der Waals surface area contributed by atoms with E-state index in [1.165, 1.54) is 7.11 Å². The molecule has 2 aromatic rings. The van der Waals surface area contributed by atoms with Gasteiger partial charge in [0.1, 0.15) is 0 Å². The number of hydrogen-bond donors (Lipinski definition) is 2. The maximum Gasteiger partial charge on any atom is 0.262 e. The third-order valence-corrected chi connectivity index (χ3v) is 3.68. The number of nitrogens with one attached hydrogen (secondary N) is 1. The van der Waals surface area contributed by atoms with Crippen LogP contribution >= 0.6 is 22.6 Å². The van der Waals surface area contributed by atoms with Gasteiger partial charge in [0.2, 0.25) is 0 Å². The molecule has 0 aliphatic carbocycles. The highest BCUT2D eigenvalue weighted by Crippen LogP contribution is 2.33. The number of aliphatic hydroxyl groups excluding tert-OH is 1. The summed E-state index contributed by atoms with van der Waals surface area (Å²) in [6.07, 6.45) is 0. The van der Waals surface area contributed by atoms with Crippen molar-refractivity contribution in [3.8, 4) is 11.5 Å². The van der Waals surface area contributed by atoms with E-state index < -0.39 is 0 Å². The van der Waals surface area contributed by atoms with Gasteiger partial charge in [0.05, 0.1) is 17.3 Å². The van der Waals surface area contributed by atoms with E-state index in [1.807, 2.05) is 18.2 Å². The Morgan fingerprint density at radius 3 is 2.64 bits per heavy atom. The minimum atomic E-state index is -0.254. The molecule has 6 heteroatoms. The number of anilines is 1. The molecule has 2 rings (SSSR count). The Morgan fingerprint density at radius 2 is 2.00 bits per heavy atom. The van der Waals surface area contributed by atoms with Crippen LogP contribution in [0.1, 0.15) is 5.56 Å². The third-order valence-electron chi connectivity index (χ3n) is 2.88. The van der Waals surface area contributed by atoms with Crippen molar-refractivity contribution >= 4 is 34.2 Å². The van der Waals surface area contributed by atoms with Gasteiger partial charge in [0.25, 0.3) is 5.91 Å². The number of ether oxygens (including phenoxy) is 2. The zero-order valence-electron chi connectivity index (χ0n) is 12.0. The summed E-state index contributed by atoms with van der Waals surface area (Å²) in [7, 11) is 1.52. The van der Waals surface area contributed by atoms with Crippen LogP contribution in [-0.4, -0.2) is 24.7 Å². The number of hydrogen-bond acceptors (Lipinski definition) is 4. The molecule has 0 saturated heterocycles. The molecule has 0 fully saturated rings. The average molecular weight is 413 g/mol. The topological polar surface area (TPSA) is 67.8 Å². The summed E-state index contributed by atoms with van der Waals surface area (Å²) in [5.74, 6) is 0.724. The lowest BCUT2D eigenvalue weighted by atomic mass is 10.2. The number of methoxy groups -OCH3 is 1. The molecule has 0 spiro atoms. The molecule has 0 atom stereocenters. The number of carbonyl (C=O) groups is 1. The third kappa shape index (κ3) is 4.35. The van der Waals surface area contributed by atoms with E-state index in [9.17, 15) is 9.90 Å². The van der Waals surface area contributed by atoms with E-state index in [0.29, 0.717) is 17.2 Å².